The average molecular weight is 309 g/mol. The van der Waals surface area contributed by atoms with Crippen LogP contribution in [0.25, 0.3) is 0 Å². The van der Waals surface area contributed by atoms with E-state index in [4.69, 9.17) is 25.9 Å². The minimum atomic E-state index is -2.68. The molecular weight excluding hydrogens is 276 g/mol. The van der Waals surface area contributed by atoms with Gasteiger partial charge in [-0.15, -0.1) is 0 Å². The van der Waals surface area contributed by atoms with Crippen LogP contribution in [0.15, 0.2) is 0 Å². The van der Waals surface area contributed by atoms with Gasteiger partial charge in [-0.1, -0.05) is 52.4 Å². The largest absolute Gasteiger partial charge is 0.516 e. The van der Waals surface area contributed by atoms with Crippen LogP contribution < -0.4 is 0 Å². The number of thiol groups is 1. The van der Waals surface area contributed by atoms with E-state index in [1.165, 1.54) is 32.1 Å². The molecule has 0 amide bonds. The lowest BCUT2D eigenvalue weighted by atomic mass is 10.1. The highest BCUT2D eigenvalue weighted by Gasteiger charge is 2.56. The molecule has 0 aliphatic heterocycles. The predicted octanol–water partition coefficient (Wildman–Crippen LogP) is 4.23. The van der Waals surface area contributed by atoms with Crippen molar-refractivity contribution in [2.45, 2.75) is 69.6 Å². The quantitative estimate of drug-likeness (QED) is 0.332. The number of hydrogen-bond donors (Lipinski definition) is 1. The Morgan fingerprint density at radius 2 is 1.32 bits per heavy atom. The summed E-state index contributed by atoms with van der Waals surface area (Å²) in [4.78, 5) is 0. The Morgan fingerprint density at radius 3 is 1.74 bits per heavy atom. The summed E-state index contributed by atoms with van der Waals surface area (Å²) >= 11 is 4.87. The van der Waals surface area contributed by atoms with E-state index in [-0.39, 0.29) is 4.37 Å². The van der Waals surface area contributed by atoms with Crippen LogP contribution in [0.5, 0.6) is 0 Å². The third kappa shape index (κ3) is 5.38. The van der Waals surface area contributed by atoms with Gasteiger partial charge in [0.15, 0.2) is 0 Å². The van der Waals surface area contributed by atoms with Crippen LogP contribution in [-0.2, 0) is 13.3 Å². The van der Waals surface area contributed by atoms with Gasteiger partial charge in [0.25, 0.3) is 0 Å². The summed E-state index contributed by atoms with van der Waals surface area (Å²) in [6.07, 6.45) is 9.57. The highest BCUT2D eigenvalue weighted by atomic mass is 32.1. The maximum absolute atomic E-state index is 5.61. The predicted molar refractivity (Wildman–Crippen MR) is 86.8 cm³/mol. The van der Waals surface area contributed by atoms with Crippen molar-refractivity contribution >= 4 is 21.4 Å². The zero-order chi connectivity index (χ0) is 14.8. The molecule has 19 heavy (non-hydrogen) atoms. The Bertz CT molecular complexity index is 216. The molecule has 0 saturated heterocycles. The molecule has 3 nitrogen and oxygen atoms in total. The molecule has 0 N–H and O–H groups in total. The summed E-state index contributed by atoms with van der Waals surface area (Å²) in [5.41, 5.74) is 0. The lowest BCUT2D eigenvalue weighted by Crippen LogP contribution is -2.60. The second-order valence-corrected chi connectivity index (χ2v) is 9.64. The summed E-state index contributed by atoms with van der Waals surface area (Å²) in [5.74, 6) is 0. The second kappa shape index (κ2) is 10.2. The Morgan fingerprint density at radius 1 is 0.842 bits per heavy atom. The number of unbranched alkanes of at least 4 members (excludes halogenated alkanes) is 5. The van der Waals surface area contributed by atoms with Gasteiger partial charge < -0.3 is 13.3 Å². The first-order valence-corrected chi connectivity index (χ1v) is 9.60. The standard InChI is InChI=1S/C14H32O3SSi/c1-6-8-9-10-11-12-13-14(18,7-2)19(15-3,16-4)17-5/h18H,6-13H2,1-5H3. The first-order chi connectivity index (χ1) is 9.05. The Balaban J connectivity index is 4.35. The molecule has 0 aromatic heterocycles. The maximum atomic E-state index is 5.61. The van der Waals surface area contributed by atoms with Gasteiger partial charge in [-0.3, -0.25) is 0 Å². The van der Waals surface area contributed by atoms with Gasteiger partial charge in [0.2, 0.25) is 0 Å². The fourth-order valence-corrected chi connectivity index (χ4v) is 6.10. The van der Waals surface area contributed by atoms with Crippen molar-refractivity contribution in [3.63, 3.8) is 0 Å². The number of rotatable bonds is 12. The van der Waals surface area contributed by atoms with Gasteiger partial charge in [-0.25, -0.2) is 0 Å². The lowest BCUT2D eigenvalue weighted by molar-refractivity contribution is 0.104. The zero-order valence-corrected chi connectivity index (χ0v) is 15.2. The van der Waals surface area contributed by atoms with E-state index < -0.39 is 8.80 Å². The van der Waals surface area contributed by atoms with Crippen LogP contribution >= 0.6 is 12.6 Å². The molecule has 0 radical (unpaired) electrons. The molecule has 1 unspecified atom stereocenters. The van der Waals surface area contributed by atoms with Gasteiger partial charge in [0.1, 0.15) is 0 Å². The molecule has 0 aliphatic carbocycles. The van der Waals surface area contributed by atoms with Gasteiger partial charge >= 0.3 is 8.80 Å². The highest BCUT2D eigenvalue weighted by Crippen LogP contribution is 2.37. The van der Waals surface area contributed by atoms with Gasteiger partial charge in [0, 0.05) is 21.3 Å². The fraction of sp³-hybridized carbons (Fsp3) is 1.00. The van der Waals surface area contributed by atoms with Crippen molar-refractivity contribution in [1.29, 1.82) is 0 Å². The molecule has 0 bridgehead atoms. The van der Waals surface area contributed by atoms with Crippen LogP contribution in [0, 0.1) is 0 Å². The first-order valence-electron chi connectivity index (χ1n) is 7.43. The lowest BCUT2D eigenvalue weighted by Gasteiger charge is -2.39. The fourth-order valence-electron chi connectivity index (χ4n) is 2.56. The third-order valence-electron chi connectivity index (χ3n) is 3.90. The van der Waals surface area contributed by atoms with Gasteiger partial charge in [-0.2, -0.15) is 12.6 Å². The molecule has 0 rings (SSSR count). The van der Waals surface area contributed by atoms with Crippen LogP contribution in [0.3, 0.4) is 0 Å². The van der Waals surface area contributed by atoms with Gasteiger partial charge in [0.05, 0.1) is 4.37 Å². The summed E-state index contributed by atoms with van der Waals surface area (Å²) in [7, 11) is 2.32. The molecule has 5 heteroatoms. The minimum Gasteiger partial charge on any atom is -0.376 e. The number of hydrogen-bond acceptors (Lipinski definition) is 4. The molecule has 116 valence electrons. The van der Waals surface area contributed by atoms with Crippen LogP contribution in [0.2, 0.25) is 0 Å². The molecule has 0 spiro atoms. The van der Waals surface area contributed by atoms with Crippen molar-refractivity contribution in [1.82, 2.24) is 0 Å². The third-order valence-corrected chi connectivity index (χ3v) is 8.62. The van der Waals surface area contributed by atoms with Crippen molar-refractivity contribution in [2.24, 2.45) is 0 Å². The van der Waals surface area contributed by atoms with Crippen molar-refractivity contribution in [3.05, 3.63) is 0 Å². The minimum absolute atomic E-state index is 0.282. The van der Waals surface area contributed by atoms with E-state index in [0.717, 1.165) is 19.3 Å². The normalized spacial score (nSPS) is 15.5. The van der Waals surface area contributed by atoms with Crippen molar-refractivity contribution < 1.29 is 13.3 Å². The maximum Gasteiger partial charge on any atom is 0.516 e. The molecular formula is C14H32O3SSi. The summed E-state index contributed by atoms with van der Waals surface area (Å²) in [6, 6.07) is 0. The van der Waals surface area contributed by atoms with Crippen LogP contribution in [0.4, 0.5) is 0 Å². The topological polar surface area (TPSA) is 27.7 Å². The Kier molecular flexibility index (Phi) is 10.5. The summed E-state index contributed by atoms with van der Waals surface area (Å²) in [5, 5.41) is 0. The van der Waals surface area contributed by atoms with Crippen molar-refractivity contribution in [3.8, 4) is 0 Å². The van der Waals surface area contributed by atoms with E-state index in [2.05, 4.69) is 13.8 Å². The molecule has 0 aromatic rings. The molecule has 0 aromatic carbocycles. The van der Waals surface area contributed by atoms with Crippen LogP contribution in [0.1, 0.15) is 65.2 Å². The van der Waals surface area contributed by atoms with Gasteiger partial charge in [-0.05, 0) is 12.8 Å². The Hall–Kier alpha value is 0.447. The molecule has 0 aliphatic rings. The van der Waals surface area contributed by atoms with Crippen LogP contribution in [-0.4, -0.2) is 34.5 Å². The second-order valence-electron chi connectivity index (χ2n) is 5.07. The first kappa shape index (κ1) is 19.4. The van der Waals surface area contributed by atoms with Crippen molar-refractivity contribution in [2.75, 3.05) is 21.3 Å². The average Bonchev–Trinajstić information content (AvgIpc) is 2.45. The molecule has 0 heterocycles. The molecule has 0 fully saturated rings. The van der Waals surface area contributed by atoms with E-state index in [9.17, 15) is 0 Å². The summed E-state index contributed by atoms with van der Waals surface area (Å²) < 4.78 is 16.5. The van der Waals surface area contributed by atoms with E-state index in [1.807, 2.05) is 0 Å². The molecule has 1 atom stereocenters. The van der Waals surface area contributed by atoms with E-state index in [1.54, 1.807) is 21.3 Å². The van der Waals surface area contributed by atoms with E-state index >= 15 is 0 Å². The highest BCUT2D eigenvalue weighted by molar-refractivity contribution is 7.84. The van der Waals surface area contributed by atoms with E-state index in [0.29, 0.717) is 0 Å². The summed E-state index contributed by atoms with van der Waals surface area (Å²) in [6.45, 7) is 4.37. The SMILES string of the molecule is CCCCCCCCC(S)(CC)[Si](OC)(OC)OC. The Labute approximate surface area is 126 Å². The smallest absolute Gasteiger partial charge is 0.376 e. The monoisotopic (exact) mass is 308 g/mol. The zero-order valence-electron chi connectivity index (χ0n) is 13.3. The molecule has 0 saturated carbocycles.